The van der Waals surface area contributed by atoms with Gasteiger partial charge in [-0.2, -0.15) is 0 Å². The van der Waals surface area contributed by atoms with Gasteiger partial charge in [0.1, 0.15) is 5.60 Å². The van der Waals surface area contributed by atoms with Crippen LogP contribution in [0.5, 0.6) is 0 Å². The molecule has 0 unspecified atom stereocenters. The van der Waals surface area contributed by atoms with Crippen molar-refractivity contribution in [3.05, 3.63) is 0 Å². The lowest BCUT2D eigenvalue weighted by atomic mass is 10.1. The highest BCUT2D eigenvalue weighted by Gasteiger charge is 2.38. The third kappa shape index (κ3) is 12.1. The Kier molecular flexibility index (Phi) is 11.3. The zero-order valence-corrected chi connectivity index (χ0v) is 20.1. The van der Waals surface area contributed by atoms with E-state index in [0.29, 0.717) is 17.3 Å². The molecule has 0 bridgehead atoms. The summed E-state index contributed by atoms with van der Waals surface area (Å²) in [7, 11) is 2.53. The molecule has 0 atom stereocenters. The molecule has 28 heavy (non-hydrogen) atoms. The Balaban J connectivity index is 0.00000129. The molecule has 1 saturated carbocycles. The molecular weight excluding hydrogens is 406 g/mol. The number of carbonyl (C=O) groups excluding carboxylic acids is 1. The van der Waals surface area contributed by atoms with Crippen molar-refractivity contribution in [2.75, 3.05) is 54.8 Å². The third-order valence-electron chi connectivity index (χ3n) is 4.76. The molecule has 0 aromatic rings. The lowest BCUT2D eigenvalue weighted by Crippen LogP contribution is -2.48. The first-order valence-electron chi connectivity index (χ1n) is 9.30. The first-order chi connectivity index (χ1) is 12.7. The van der Waals surface area contributed by atoms with E-state index in [9.17, 15) is 4.79 Å². The van der Waals surface area contributed by atoms with Gasteiger partial charge >= 0.3 is 14.8 Å². The predicted octanol–water partition coefficient (Wildman–Crippen LogP) is 1.37. The van der Waals surface area contributed by atoms with Crippen LogP contribution in [0.4, 0.5) is 0 Å². The Hall–Kier alpha value is -0.563. The molecule has 1 aliphatic rings. The smallest absolute Gasteiger partial charge is 0.500 e. The van der Waals surface area contributed by atoms with Gasteiger partial charge in [0.05, 0.1) is 30.8 Å². The van der Waals surface area contributed by atoms with Crippen LogP contribution in [0.3, 0.4) is 0 Å². The average Bonchev–Trinajstić information content (AvgIpc) is 2.95. The molecule has 0 saturated heterocycles. The number of carbonyl (C=O) groups is 1. The van der Waals surface area contributed by atoms with Gasteiger partial charge in [0.15, 0.2) is 6.54 Å². The van der Waals surface area contributed by atoms with Crippen molar-refractivity contribution >= 4 is 24.9 Å². The molecule has 11 heteroatoms. The number of nitrogens with zero attached hydrogens (tertiary/aromatic N) is 1. The van der Waals surface area contributed by atoms with Crippen molar-refractivity contribution in [2.24, 2.45) is 0 Å². The molecule has 1 aliphatic carbocycles. The fraction of sp³-hybridized carbons (Fsp3) is 0.941. The second-order valence-electron chi connectivity index (χ2n) is 8.05. The van der Waals surface area contributed by atoms with Crippen LogP contribution in [0, 0.1) is 0 Å². The highest BCUT2D eigenvalue weighted by atomic mass is 32.2. The maximum atomic E-state index is 12.2. The topological polar surface area (TPSA) is 111 Å². The summed E-state index contributed by atoms with van der Waals surface area (Å²) < 4.78 is 49.8. The predicted molar refractivity (Wildman–Crippen MR) is 107 cm³/mol. The molecule has 0 aromatic carbocycles. The molecule has 0 amide bonds. The molecule has 0 spiro atoms. The van der Waals surface area contributed by atoms with E-state index >= 15 is 0 Å². The summed E-state index contributed by atoms with van der Waals surface area (Å²) in [5.41, 5.74) is -0.249. The van der Waals surface area contributed by atoms with Gasteiger partial charge in [0, 0.05) is 40.1 Å². The fourth-order valence-electron chi connectivity index (χ4n) is 3.24. The minimum atomic E-state index is -3.92. The Morgan fingerprint density at radius 3 is 1.93 bits per heavy atom. The van der Waals surface area contributed by atoms with Crippen LogP contribution in [0.25, 0.3) is 0 Å². The van der Waals surface area contributed by atoms with Crippen LogP contribution in [0.1, 0.15) is 39.0 Å². The molecule has 168 valence electrons. The zero-order valence-electron chi connectivity index (χ0n) is 18.3. The summed E-state index contributed by atoms with van der Waals surface area (Å²) in [6.45, 7) is 3.28. The van der Waals surface area contributed by atoms with E-state index in [-0.39, 0.29) is 11.6 Å². The third-order valence-corrected chi connectivity index (χ3v) is 7.59. The first kappa shape index (κ1) is 27.4. The van der Waals surface area contributed by atoms with Gasteiger partial charge in [-0.05, 0) is 32.6 Å². The van der Waals surface area contributed by atoms with E-state index in [0.717, 1.165) is 44.7 Å². The van der Waals surface area contributed by atoms with Crippen LogP contribution in [0.15, 0.2) is 0 Å². The normalized spacial score (nSPS) is 17.0. The van der Waals surface area contributed by atoms with Gasteiger partial charge < -0.3 is 27.1 Å². The number of hydrogen-bond acceptors (Lipinski definition) is 8. The molecule has 9 nitrogen and oxygen atoms in total. The highest BCUT2D eigenvalue weighted by Crippen LogP contribution is 2.32. The Morgan fingerprint density at radius 2 is 1.54 bits per heavy atom. The van der Waals surface area contributed by atoms with Crippen molar-refractivity contribution in [1.82, 2.24) is 0 Å². The molecule has 1 rings (SSSR count). The van der Waals surface area contributed by atoms with Crippen LogP contribution in [-0.2, 0) is 32.9 Å². The van der Waals surface area contributed by atoms with Crippen molar-refractivity contribution in [3.63, 3.8) is 0 Å². The summed E-state index contributed by atoms with van der Waals surface area (Å²) in [4.78, 5) is 12.2. The molecule has 0 aromatic heterocycles. The van der Waals surface area contributed by atoms with Crippen LogP contribution < -0.4 is 0 Å². The van der Waals surface area contributed by atoms with Gasteiger partial charge in [0.2, 0.25) is 0 Å². The van der Waals surface area contributed by atoms with E-state index in [4.69, 9.17) is 31.0 Å². The second kappa shape index (κ2) is 11.6. The minimum absolute atomic E-state index is 0.104. The Bertz CT molecular complexity index is 555. The van der Waals surface area contributed by atoms with Crippen LogP contribution in [-0.4, -0.2) is 92.6 Å². The monoisotopic (exact) mass is 443 g/mol. The number of esters is 1. The van der Waals surface area contributed by atoms with Gasteiger partial charge in [0.25, 0.3) is 0 Å². The number of ether oxygens (including phenoxy) is 1. The average molecular weight is 444 g/mol. The van der Waals surface area contributed by atoms with Crippen molar-refractivity contribution in [2.45, 2.75) is 50.7 Å². The summed E-state index contributed by atoms with van der Waals surface area (Å²) >= 11 is 0. The van der Waals surface area contributed by atoms with E-state index in [1.807, 2.05) is 21.0 Å². The molecule has 0 aliphatic heterocycles. The summed E-state index contributed by atoms with van der Waals surface area (Å²) in [6.07, 6.45) is 5.75. The first-order valence-corrected chi connectivity index (χ1v) is 13.0. The molecule has 0 radical (unpaired) electrons. The van der Waals surface area contributed by atoms with Crippen LogP contribution >= 0.6 is 0 Å². The quantitative estimate of drug-likeness (QED) is 0.215. The van der Waals surface area contributed by atoms with Gasteiger partial charge in [-0.3, -0.25) is 0 Å². The molecule has 0 heterocycles. The highest BCUT2D eigenvalue weighted by molar-refractivity contribution is 7.84. The zero-order chi connectivity index (χ0) is 22.1. The van der Waals surface area contributed by atoms with Gasteiger partial charge in [-0.15, -0.1) is 0 Å². The van der Waals surface area contributed by atoms with Crippen molar-refractivity contribution in [1.29, 1.82) is 0 Å². The summed E-state index contributed by atoms with van der Waals surface area (Å²) in [6, 6.07) is 0.741. The van der Waals surface area contributed by atoms with Crippen molar-refractivity contribution in [3.8, 4) is 0 Å². The maximum Gasteiger partial charge on any atom is 0.500 e. The van der Waals surface area contributed by atoms with Crippen LogP contribution in [0.2, 0.25) is 6.04 Å². The number of rotatable bonds is 10. The number of likely N-dealkylation sites (N-methyl/N-ethyl adjacent to an activating group) is 1. The number of hydrogen-bond donors (Lipinski definition) is 0. The minimum Gasteiger partial charge on any atom is -0.748 e. The van der Waals surface area contributed by atoms with E-state index in [1.54, 1.807) is 21.3 Å². The van der Waals surface area contributed by atoms with E-state index in [2.05, 4.69) is 0 Å². The Morgan fingerprint density at radius 1 is 1.11 bits per heavy atom. The SMILES string of the molecule is CO[Si](CCC[N+](C)(C)CC(=O)OC1(C)CCCC1)(OC)OC.CS(=O)(=O)[O-]. The maximum absolute atomic E-state index is 12.2. The molecule has 0 N–H and O–H groups in total. The number of quaternary nitrogens is 1. The van der Waals surface area contributed by atoms with E-state index in [1.165, 1.54) is 0 Å². The second-order valence-corrected chi connectivity index (χ2v) is 12.6. The van der Waals surface area contributed by atoms with Gasteiger partial charge in [-0.1, -0.05) is 0 Å². The lowest BCUT2D eigenvalue weighted by molar-refractivity contribution is -0.883. The lowest BCUT2D eigenvalue weighted by Gasteiger charge is -2.32. The standard InChI is InChI=1S/C16H34NO5Si.CH4O3S/c1-16(10-7-8-11-16)22-15(18)14-17(2,3)12-9-13-23(19-4,20-5)21-6;1-5(2,3)4/h7-14H2,1-6H3;1H3,(H,2,3,4)/q+1;/p-1. The molecule has 1 fully saturated rings. The molecular formula is C17H37NO8SSi. The summed E-state index contributed by atoms with van der Waals surface area (Å²) in [5.74, 6) is -0.104. The van der Waals surface area contributed by atoms with Crippen molar-refractivity contribution < 1.29 is 40.3 Å². The van der Waals surface area contributed by atoms with E-state index < -0.39 is 18.9 Å². The largest absolute Gasteiger partial charge is 0.748 e. The Labute approximate surface area is 171 Å². The fourth-order valence-corrected chi connectivity index (χ4v) is 4.94. The van der Waals surface area contributed by atoms with Gasteiger partial charge in [-0.25, -0.2) is 13.2 Å². The summed E-state index contributed by atoms with van der Waals surface area (Å²) in [5, 5.41) is 0.